The van der Waals surface area contributed by atoms with Gasteiger partial charge in [0.2, 0.25) is 0 Å². The van der Waals surface area contributed by atoms with Gasteiger partial charge in [0.15, 0.2) is 0 Å². The molecule has 0 N–H and O–H groups in total. The zero-order valence-electron chi connectivity index (χ0n) is 19.5. The third-order valence-corrected chi connectivity index (χ3v) is 6.38. The van der Waals surface area contributed by atoms with Crippen LogP contribution in [0.15, 0.2) is 54.6 Å². The Labute approximate surface area is 194 Å². The maximum atomic E-state index is 10.8. The van der Waals surface area contributed by atoms with Crippen molar-refractivity contribution >= 4 is 5.69 Å². The molecule has 0 fully saturated rings. The summed E-state index contributed by atoms with van der Waals surface area (Å²) in [5.41, 5.74) is 5.17. The average molecular weight is 448 g/mol. The summed E-state index contributed by atoms with van der Waals surface area (Å²) < 4.78 is 18.7. The number of hydrogen-bond donors (Lipinski definition) is 0. The van der Waals surface area contributed by atoms with Gasteiger partial charge in [-0.2, -0.15) is 0 Å². The summed E-state index contributed by atoms with van der Waals surface area (Å²) in [6, 6.07) is 16.3. The van der Waals surface area contributed by atoms with Gasteiger partial charge in [-0.1, -0.05) is 30.3 Å². The van der Waals surface area contributed by atoms with Crippen molar-refractivity contribution in [2.45, 2.75) is 52.7 Å². The van der Waals surface area contributed by atoms with Crippen molar-refractivity contribution in [1.82, 2.24) is 0 Å². The average Bonchev–Trinajstić information content (AvgIpc) is 2.82. The summed E-state index contributed by atoms with van der Waals surface area (Å²) in [5.74, 6) is 2.44. The quantitative estimate of drug-likeness (QED) is 0.316. The van der Waals surface area contributed by atoms with Crippen LogP contribution < -0.4 is 14.2 Å². The minimum absolute atomic E-state index is 0.0447. The largest absolute Gasteiger partial charge is 0.489 e. The Hall–Kier alpha value is -3.54. The van der Waals surface area contributed by atoms with Gasteiger partial charge >= 0.3 is 0 Å². The molecule has 1 aliphatic rings. The number of nitro groups is 1. The van der Waals surface area contributed by atoms with Crippen LogP contribution in [-0.4, -0.2) is 17.1 Å². The number of ether oxygens (including phenoxy) is 3. The first-order valence-corrected chi connectivity index (χ1v) is 11.1. The first kappa shape index (κ1) is 22.6. The molecule has 0 radical (unpaired) electrons. The Morgan fingerprint density at radius 1 is 0.970 bits per heavy atom. The van der Waals surface area contributed by atoms with E-state index < -0.39 is 10.5 Å². The third-order valence-electron chi connectivity index (χ3n) is 6.38. The Bertz CT molecular complexity index is 1160. The van der Waals surface area contributed by atoms with E-state index in [1.807, 2.05) is 25.1 Å². The molecule has 0 amide bonds. The van der Waals surface area contributed by atoms with Gasteiger partial charge in [-0.25, -0.2) is 0 Å². The van der Waals surface area contributed by atoms with Gasteiger partial charge in [0, 0.05) is 17.7 Å². The molecule has 0 aliphatic carbocycles. The highest BCUT2D eigenvalue weighted by atomic mass is 16.6. The van der Waals surface area contributed by atoms with Gasteiger partial charge < -0.3 is 14.2 Å². The van der Waals surface area contributed by atoms with E-state index >= 15 is 0 Å². The van der Waals surface area contributed by atoms with E-state index in [0.29, 0.717) is 19.0 Å². The molecule has 3 aromatic carbocycles. The predicted molar refractivity (Wildman–Crippen MR) is 127 cm³/mol. The molecule has 0 unspecified atom stereocenters. The summed E-state index contributed by atoms with van der Waals surface area (Å²) in [4.78, 5) is 10.4. The van der Waals surface area contributed by atoms with Crippen LogP contribution in [0.4, 0.5) is 5.69 Å². The first-order valence-electron chi connectivity index (χ1n) is 11.1. The van der Waals surface area contributed by atoms with Gasteiger partial charge in [0.1, 0.15) is 36.1 Å². The molecule has 33 heavy (non-hydrogen) atoms. The molecule has 1 atom stereocenters. The number of hydrogen-bond acceptors (Lipinski definition) is 5. The molecular weight excluding hydrogens is 418 g/mol. The maximum absolute atomic E-state index is 10.8. The van der Waals surface area contributed by atoms with Gasteiger partial charge in [-0.05, 0) is 74.9 Å². The SMILES string of the molecule is Cc1c(C)c2c(c(C)c1OCc1ccccc1)CC[C@](C)(COc1ccc([N+](=O)[O-])cc1)O2. The van der Waals surface area contributed by atoms with E-state index in [4.69, 9.17) is 14.2 Å². The smallest absolute Gasteiger partial charge is 0.269 e. The molecule has 0 spiro atoms. The number of benzene rings is 3. The standard InChI is InChI=1S/C27H29NO5/c1-18-19(2)26-24(20(3)25(18)31-16-21-8-6-5-7-9-21)14-15-27(4,33-26)17-32-23-12-10-22(11-13-23)28(29)30/h5-13H,14-17H2,1-4H3/t27-/m1/s1. The van der Waals surface area contributed by atoms with Crippen molar-refractivity contribution in [2.24, 2.45) is 0 Å². The lowest BCUT2D eigenvalue weighted by molar-refractivity contribution is -0.384. The zero-order chi connectivity index (χ0) is 23.6. The van der Waals surface area contributed by atoms with Gasteiger partial charge in [-0.3, -0.25) is 10.1 Å². The number of nitro benzene ring substituents is 1. The second-order valence-electron chi connectivity index (χ2n) is 8.88. The maximum Gasteiger partial charge on any atom is 0.269 e. The van der Waals surface area contributed by atoms with Gasteiger partial charge in [0.05, 0.1) is 4.92 Å². The summed E-state index contributed by atoms with van der Waals surface area (Å²) in [7, 11) is 0. The van der Waals surface area contributed by atoms with Crippen molar-refractivity contribution in [3.8, 4) is 17.2 Å². The van der Waals surface area contributed by atoms with Crippen LogP contribution in [0, 0.1) is 30.9 Å². The third kappa shape index (κ3) is 4.80. The number of non-ortho nitro benzene ring substituents is 1. The van der Waals surface area contributed by atoms with Crippen LogP contribution >= 0.6 is 0 Å². The molecule has 0 bridgehead atoms. The summed E-state index contributed by atoms with van der Waals surface area (Å²) in [6.45, 7) is 9.18. The van der Waals surface area contributed by atoms with Crippen LogP contribution in [0.2, 0.25) is 0 Å². The van der Waals surface area contributed by atoms with Gasteiger partial charge in [0.25, 0.3) is 5.69 Å². The Kier molecular flexibility index (Phi) is 6.27. The molecule has 172 valence electrons. The lowest BCUT2D eigenvalue weighted by atomic mass is 9.87. The normalized spacial score (nSPS) is 17.1. The lowest BCUT2D eigenvalue weighted by Gasteiger charge is -2.38. The summed E-state index contributed by atoms with van der Waals surface area (Å²) in [6.07, 6.45) is 1.67. The van der Waals surface area contributed by atoms with Crippen LogP contribution in [0.25, 0.3) is 0 Å². The minimum atomic E-state index is -0.495. The van der Waals surface area contributed by atoms with Crippen molar-refractivity contribution in [3.05, 3.63) is 92.5 Å². The van der Waals surface area contributed by atoms with Gasteiger partial charge in [-0.15, -0.1) is 0 Å². The predicted octanol–water partition coefficient (Wildman–Crippen LogP) is 6.26. The Morgan fingerprint density at radius 2 is 1.67 bits per heavy atom. The molecular formula is C27H29NO5. The van der Waals surface area contributed by atoms with Crippen LogP contribution in [0.3, 0.4) is 0 Å². The fraction of sp³-hybridized carbons (Fsp3) is 0.333. The topological polar surface area (TPSA) is 70.8 Å². The van der Waals surface area contributed by atoms with E-state index in [0.717, 1.165) is 46.6 Å². The van der Waals surface area contributed by atoms with Crippen molar-refractivity contribution in [2.75, 3.05) is 6.61 Å². The fourth-order valence-corrected chi connectivity index (χ4v) is 4.23. The van der Waals surface area contributed by atoms with E-state index in [-0.39, 0.29) is 5.69 Å². The second-order valence-corrected chi connectivity index (χ2v) is 8.88. The number of fused-ring (bicyclic) bond motifs is 1. The van der Waals surface area contributed by atoms with E-state index in [1.165, 1.54) is 17.7 Å². The highest BCUT2D eigenvalue weighted by molar-refractivity contribution is 5.59. The second kappa shape index (κ2) is 9.14. The molecule has 0 aromatic heterocycles. The molecule has 0 saturated heterocycles. The molecule has 6 nitrogen and oxygen atoms in total. The minimum Gasteiger partial charge on any atom is -0.489 e. The van der Waals surface area contributed by atoms with E-state index in [1.54, 1.807) is 12.1 Å². The molecule has 0 saturated carbocycles. The molecule has 1 aliphatic heterocycles. The van der Waals surface area contributed by atoms with Crippen LogP contribution in [0.5, 0.6) is 17.2 Å². The van der Waals surface area contributed by atoms with E-state index in [2.05, 4.69) is 32.9 Å². The monoisotopic (exact) mass is 447 g/mol. The van der Waals surface area contributed by atoms with Crippen molar-refractivity contribution in [3.63, 3.8) is 0 Å². The number of rotatable bonds is 7. The van der Waals surface area contributed by atoms with Crippen molar-refractivity contribution in [1.29, 1.82) is 0 Å². The highest BCUT2D eigenvalue weighted by Crippen LogP contribution is 2.44. The van der Waals surface area contributed by atoms with Crippen LogP contribution in [-0.2, 0) is 13.0 Å². The first-order chi connectivity index (χ1) is 15.8. The highest BCUT2D eigenvalue weighted by Gasteiger charge is 2.35. The van der Waals surface area contributed by atoms with E-state index in [9.17, 15) is 10.1 Å². The van der Waals surface area contributed by atoms with Crippen LogP contribution in [0.1, 0.15) is 41.2 Å². The Morgan fingerprint density at radius 3 is 2.33 bits per heavy atom. The molecule has 3 aromatic rings. The molecule has 4 rings (SSSR count). The fourth-order valence-electron chi connectivity index (χ4n) is 4.23. The summed E-state index contributed by atoms with van der Waals surface area (Å²) in [5, 5.41) is 10.8. The zero-order valence-corrected chi connectivity index (χ0v) is 19.5. The molecule has 1 heterocycles. The number of nitrogens with zero attached hydrogens (tertiary/aromatic N) is 1. The molecule has 6 heteroatoms. The Balaban J connectivity index is 1.50. The lowest BCUT2D eigenvalue weighted by Crippen LogP contribution is -2.42. The summed E-state index contributed by atoms with van der Waals surface area (Å²) >= 11 is 0. The van der Waals surface area contributed by atoms with Crippen molar-refractivity contribution < 1.29 is 19.1 Å².